The normalized spacial score (nSPS) is 29.9. The largest absolute Gasteiger partial charge is 0.507 e. The highest BCUT2D eigenvalue weighted by molar-refractivity contribution is 5.69. The number of nitrogens with zero attached hydrogens (tertiary/aromatic N) is 6. The number of rotatable bonds is 4. The topological polar surface area (TPSA) is 70.3 Å². The monoisotopic (exact) mass is 436 g/mol. The van der Waals surface area contributed by atoms with Gasteiger partial charge in [0, 0.05) is 36.6 Å². The van der Waals surface area contributed by atoms with Gasteiger partial charge in [0.2, 0.25) is 0 Å². The molecule has 2 bridgehead atoms. The second kappa shape index (κ2) is 7.27. The smallest absolute Gasteiger partial charge is 0.151 e. The molecule has 8 heteroatoms. The van der Waals surface area contributed by atoms with Crippen molar-refractivity contribution in [3.8, 4) is 22.7 Å². The van der Waals surface area contributed by atoms with Crippen molar-refractivity contribution in [3.05, 3.63) is 49.1 Å². The van der Waals surface area contributed by atoms with Crippen molar-refractivity contribution in [2.45, 2.75) is 56.4 Å². The molecular formula is C24H29FN6O. The quantitative estimate of drug-likeness (QED) is 0.670. The van der Waals surface area contributed by atoms with Gasteiger partial charge >= 0.3 is 0 Å². The lowest BCUT2D eigenvalue weighted by Gasteiger charge is -2.53. The molecule has 4 heterocycles. The number of fused-ring (bicyclic) bond motifs is 2. The highest BCUT2D eigenvalue weighted by Gasteiger charge is 2.60. The van der Waals surface area contributed by atoms with E-state index in [-0.39, 0.29) is 17.3 Å². The van der Waals surface area contributed by atoms with E-state index in [1.54, 1.807) is 18.6 Å². The van der Waals surface area contributed by atoms with Crippen molar-refractivity contribution in [2.75, 3.05) is 19.0 Å². The van der Waals surface area contributed by atoms with Crippen LogP contribution in [-0.4, -0.2) is 67.1 Å². The van der Waals surface area contributed by atoms with E-state index in [2.05, 4.69) is 34.1 Å². The van der Waals surface area contributed by atoms with Crippen molar-refractivity contribution >= 4 is 5.82 Å². The van der Waals surface area contributed by atoms with Gasteiger partial charge < -0.3 is 14.6 Å². The Morgan fingerprint density at radius 1 is 1.16 bits per heavy atom. The maximum atomic E-state index is 15.7. The summed E-state index contributed by atoms with van der Waals surface area (Å²) in [6.45, 7) is 4.27. The van der Waals surface area contributed by atoms with Crippen LogP contribution in [0, 0.1) is 0 Å². The van der Waals surface area contributed by atoms with Crippen LogP contribution in [0.1, 0.15) is 33.1 Å². The van der Waals surface area contributed by atoms with Crippen molar-refractivity contribution in [2.24, 2.45) is 0 Å². The molecule has 2 aliphatic heterocycles. The maximum absolute atomic E-state index is 15.7. The molecule has 168 valence electrons. The number of phenolic OH excluding ortho intramolecular Hbond substituents is 1. The lowest BCUT2D eigenvalue weighted by atomic mass is 9.80. The summed E-state index contributed by atoms with van der Waals surface area (Å²) >= 11 is 0. The van der Waals surface area contributed by atoms with Crippen LogP contribution in [-0.2, 0) is 0 Å². The van der Waals surface area contributed by atoms with Crippen molar-refractivity contribution in [1.82, 2.24) is 24.6 Å². The Hall–Kier alpha value is -3.00. The van der Waals surface area contributed by atoms with Crippen LogP contribution in [0.3, 0.4) is 0 Å². The number of hydrogen-bond acceptors (Lipinski definition) is 6. The standard InChI is InChI=1S/C24H29FN6O/c1-23-9-10-24(2,30(23)4)22(25)19(14-23)29(3)21-8-7-18(27-28-21)17-6-5-16(13-20(17)32)31-12-11-26-15-31/h5-8,11-13,15,19,22,32H,9-10,14H2,1-4H3/t19-,22-,23-,24+/m0/s1. The van der Waals surface area contributed by atoms with E-state index in [1.165, 1.54) is 0 Å². The van der Waals surface area contributed by atoms with Gasteiger partial charge in [0.1, 0.15) is 11.9 Å². The summed E-state index contributed by atoms with van der Waals surface area (Å²) in [4.78, 5) is 8.19. The van der Waals surface area contributed by atoms with E-state index >= 15 is 4.39 Å². The average molecular weight is 437 g/mol. The van der Waals surface area contributed by atoms with Gasteiger partial charge in [-0.3, -0.25) is 4.90 Å². The van der Waals surface area contributed by atoms with Gasteiger partial charge in [0.05, 0.1) is 29.3 Å². The van der Waals surface area contributed by atoms with Gasteiger partial charge in [0.25, 0.3) is 0 Å². The zero-order valence-electron chi connectivity index (χ0n) is 18.9. The molecule has 1 N–H and O–H groups in total. The fourth-order valence-corrected chi connectivity index (χ4v) is 5.47. The number of alkyl halides is 1. The van der Waals surface area contributed by atoms with Crippen LogP contribution in [0.2, 0.25) is 0 Å². The third-order valence-electron chi connectivity index (χ3n) is 7.90. The number of halogens is 1. The number of aromatic nitrogens is 4. The van der Waals surface area contributed by atoms with E-state index in [0.29, 0.717) is 17.1 Å². The number of imidazole rings is 1. The number of phenols is 1. The summed E-state index contributed by atoms with van der Waals surface area (Å²) in [5.41, 5.74) is 1.50. The van der Waals surface area contributed by atoms with Gasteiger partial charge in [0.15, 0.2) is 5.82 Å². The van der Waals surface area contributed by atoms with E-state index in [4.69, 9.17) is 0 Å². The number of hydrogen-bond donors (Lipinski definition) is 1. The molecule has 5 rings (SSSR count). The molecule has 0 aliphatic carbocycles. The average Bonchev–Trinajstić information content (AvgIpc) is 3.39. The highest BCUT2D eigenvalue weighted by atomic mass is 19.1. The van der Waals surface area contributed by atoms with Crippen molar-refractivity contribution < 1.29 is 9.50 Å². The molecule has 0 saturated carbocycles. The molecule has 2 aromatic heterocycles. The number of piperidine rings is 1. The second-order valence-corrected chi connectivity index (χ2v) is 9.65. The highest BCUT2D eigenvalue weighted by Crippen LogP contribution is 2.51. The molecule has 4 atom stereocenters. The fraction of sp³-hybridized carbons (Fsp3) is 0.458. The van der Waals surface area contributed by atoms with Crippen LogP contribution in [0.5, 0.6) is 5.75 Å². The van der Waals surface area contributed by atoms with Crippen LogP contribution in [0.15, 0.2) is 49.1 Å². The molecular weight excluding hydrogens is 407 g/mol. The van der Waals surface area contributed by atoms with Crippen LogP contribution in [0.4, 0.5) is 10.2 Å². The minimum absolute atomic E-state index is 0.00753. The molecule has 0 radical (unpaired) electrons. The summed E-state index contributed by atoms with van der Waals surface area (Å²) in [6, 6.07) is 8.79. The third-order valence-corrected chi connectivity index (χ3v) is 7.90. The first-order chi connectivity index (χ1) is 15.2. The molecule has 0 unspecified atom stereocenters. The molecule has 1 aromatic carbocycles. The van der Waals surface area contributed by atoms with Crippen molar-refractivity contribution in [3.63, 3.8) is 0 Å². The van der Waals surface area contributed by atoms with E-state index in [1.807, 2.05) is 53.9 Å². The van der Waals surface area contributed by atoms with Gasteiger partial charge in [-0.2, -0.15) is 0 Å². The van der Waals surface area contributed by atoms with Crippen LogP contribution < -0.4 is 4.90 Å². The number of anilines is 1. The molecule has 0 amide bonds. The van der Waals surface area contributed by atoms with Gasteiger partial charge in [-0.25, -0.2) is 9.37 Å². The molecule has 32 heavy (non-hydrogen) atoms. The van der Waals surface area contributed by atoms with Gasteiger partial charge in [-0.1, -0.05) is 0 Å². The number of aromatic hydroxyl groups is 1. The summed E-state index contributed by atoms with van der Waals surface area (Å²) in [5.74, 6) is 0.746. The van der Waals surface area contributed by atoms with Crippen molar-refractivity contribution in [1.29, 1.82) is 0 Å². The third kappa shape index (κ3) is 3.08. The Bertz CT molecular complexity index is 1120. The Morgan fingerprint density at radius 3 is 2.62 bits per heavy atom. The second-order valence-electron chi connectivity index (χ2n) is 9.65. The SMILES string of the molecule is CN(c1ccc(-c2ccc(-n3ccnc3)cc2O)nn1)[C@H]1C[C@]2(C)CC[C@](C)([C@H]1F)N2C. The zero-order chi connectivity index (χ0) is 22.7. The van der Waals surface area contributed by atoms with Gasteiger partial charge in [-0.05, 0) is 64.4 Å². The number of benzene rings is 1. The molecule has 2 saturated heterocycles. The Kier molecular flexibility index (Phi) is 4.74. The summed E-state index contributed by atoms with van der Waals surface area (Å²) in [7, 11) is 3.95. The zero-order valence-corrected chi connectivity index (χ0v) is 18.9. The fourth-order valence-electron chi connectivity index (χ4n) is 5.47. The maximum Gasteiger partial charge on any atom is 0.151 e. The first kappa shape index (κ1) is 20.9. The van der Waals surface area contributed by atoms with E-state index in [0.717, 1.165) is 24.9 Å². The Morgan fingerprint density at radius 2 is 1.97 bits per heavy atom. The molecule has 3 aromatic rings. The lowest BCUT2D eigenvalue weighted by Crippen LogP contribution is -2.66. The molecule has 7 nitrogen and oxygen atoms in total. The minimum atomic E-state index is -0.977. The first-order valence-corrected chi connectivity index (χ1v) is 11.0. The summed E-state index contributed by atoms with van der Waals surface area (Å²) in [6.07, 6.45) is 6.81. The predicted molar refractivity (Wildman–Crippen MR) is 122 cm³/mol. The van der Waals surface area contributed by atoms with E-state index < -0.39 is 11.7 Å². The molecule has 0 spiro atoms. The molecule has 2 fully saturated rings. The van der Waals surface area contributed by atoms with E-state index in [9.17, 15) is 5.11 Å². The Labute approximate surface area is 187 Å². The lowest BCUT2D eigenvalue weighted by molar-refractivity contribution is -0.0359. The van der Waals surface area contributed by atoms with Crippen LogP contribution in [0.25, 0.3) is 16.9 Å². The summed E-state index contributed by atoms with van der Waals surface area (Å²) < 4.78 is 17.5. The minimum Gasteiger partial charge on any atom is -0.507 e. The predicted octanol–water partition coefficient (Wildman–Crippen LogP) is 3.82. The molecule has 2 aliphatic rings. The first-order valence-electron chi connectivity index (χ1n) is 11.0. The Balaban J connectivity index is 1.38. The van der Waals surface area contributed by atoms with Crippen LogP contribution >= 0.6 is 0 Å². The van der Waals surface area contributed by atoms with Gasteiger partial charge in [-0.15, -0.1) is 10.2 Å². The summed E-state index contributed by atoms with van der Waals surface area (Å²) in [5, 5.41) is 19.3.